The maximum Gasteiger partial charge on any atom is 0.327 e. The van der Waals surface area contributed by atoms with Crippen LogP contribution in [0.4, 0.5) is 0 Å². The number of thiocarbonyl (C=S) groups is 1. The van der Waals surface area contributed by atoms with Crippen molar-refractivity contribution < 1.29 is 19.5 Å². The Hall–Kier alpha value is -0.600. The van der Waals surface area contributed by atoms with Crippen LogP contribution in [0.1, 0.15) is 20.3 Å². The van der Waals surface area contributed by atoms with Crippen molar-refractivity contribution in [3.63, 3.8) is 0 Å². The van der Waals surface area contributed by atoms with Gasteiger partial charge >= 0.3 is 5.97 Å². The lowest BCUT2D eigenvalue weighted by Crippen LogP contribution is -2.44. The summed E-state index contributed by atoms with van der Waals surface area (Å²) in [5.74, 6) is 0.244. The molecule has 0 aliphatic carbocycles. The number of carbonyl (C=O) groups is 3. The summed E-state index contributed by atoms with van der Waals surface area (Å²) in [6.45, 7) is 2.94. The highest BCUT2D eigenvalue weighted by atomic mass is 32.2. The van der Waals surface area contributed by atoms with E-state index in [1.165, 1.54) is 25.6 Å². The summed E-state index contributed by atoms with van der Waals surface area (Å²) < 4.78 is 0. The van der Waals surface area contributed by atoms with Gasteiger partial charge in [0.1, 0.15) is 11.8 Å². The highest BCUT2D eigenvalue weighted by molar-refractivity contribution is 8.13. The van der Waals surface area contributed by atoms with Gasteiger partial charge in [0.05, 0.1) is 10.9 Å². The first-order chi connectivity index (χ1) is 9.32. The number of hydrogen-bond acceptors (Lipinski definition) is 6. The number of carboxylic acids is 1. The SMILES string of the molecule is CC(=O)CC(CSC(C)=O)C(=S)N1CSCC1C(=O)O. The zero-order valence-electron chi connectivity index (χ0n) is 11.3. The average molecular weight is 335 g/mol. The monoisotopic (exact) mass is 335 g/mol. The Balaban J connectivity index is 2.77. The molecule has 1 aliphatic rings. The first kappa shape index (κ1) is 17.5. The number of ketones is 1. The molecule has 2 unspecified atom stereocenters. The normalized spacial score (nSPS) is 19.7. The molecule has 112 valence electrons. The second kappa shape index (κ2) is 7.99. The van der Waals surface area contributed by atoms with Gasteiger partial charge in [-0.3, -0.25) is 4.79 Å². The number of rotatable bonds is 6. The third-order valence-corrected chi connectivity index (χ3v) is 5.38. The summed E-state index contributed by atoms with van der Waals surface area (Å²) in [6.07, 6.45) is 0.243. The molecule has 5 nitrogen and oxygen atoms in total. The third kappa shape index (κ3) is 5.06. The fraction of sp³-hybridized carbons (Fsp3) is 0.667. The van der Waals surface area contributed by atoms with E-state index in [9.17, 15) is 19.5 Å². The molecule has 8 heteroatoms. The first-order valence-electron chi connectivity index (χ1n) is 6.06. The van der Waals surface area contributed by atoms with Crippen molar-refractivity contribution in [3.05, 3.63) is 0 Å². The van der Waals surface area contributed by atoms with Crippen LogP contribution in [-0.4, -0.2) is 55.3 Å². The molecule has 0 bridgehead atoms. The minimum absolute atomic E-state index is 0.0137. The third-order valence-electron chi connectivity index (χ3n) is 2.82. The van der Waals surface area contributed by atoms with Crippen LogP contribution in [0.25, 0.3) is 0 Å². The molecule has 0 aromatic rings. The molecule has 0 spiro atoms. The highest BCUT2D eigenvalue weighted by Crippen LogP contribution is 2.26. The van der Waals surface area contributed by atoms with Gasteiger partial charge in [0.2, 0.25) is 0 Å². The molecule has 1 saturated heterocycles. The lowest BCUT2D eigenvalue weighted by molar-refractivity contribution is -0.140. The lowest BCUT2D eigenvalue weighted by atomic mass is 10.0. The van der Waals surface area contributed by atoms with Crippen LogP contribution in [0, 0.1) is 5.92 Å². The molecular formula is C12H17NO4S3. The minimum atomic E-state index is -0.904. The number of carbonyl (C=O) groups excluding carboxylic acids is 2. The number of aliphatic carboxylic acids is 1. The van der Waals surface area contributed by atoms with E-state index in [1.807, 2.05) is 0 Å². The second-order valence-electron chi connectivity index (χ2n) is 4.57. The number of Topliss-reactive ketones (excluding diaryl/α,β-unsaturated/α-hetero) is 1. The molecule has 0 radical (unpaired) electrons. The maximum atomic E-state index is 11.3. The van der Waals surface area contributed by atoms with Crippen molar-refractivity contribution in [1.82, 2.24) is 4.90 Å². The van der Waals surface area contributed by atoms with Gasteiger partial charge in [-0.1, -0.05) is 24.0 Å². The van der Waals surface area contributed by atoms with Gasteiger partial charge in [0, 0.05) is 30.8 Å². The van der Waals surface area contributed by atoms with Crippen LogP contribution in [0.15, 0.2) is 0 Å². The zero-order chi connectivity index (χ0) is 15.3. The quantitative estimate of drug-likeness (QED) is 0.735. The van der Waals surface area contributed by atoms with Crippen LogP contribution in [0.2, 0.25) is 0 Å². The average Bonchev–Trinajstić information content (AvgIpc) is 2.82. The Morgan fingerprint density at radius 1 is 1.45 bits per heavy atom. The summed E-state index contributed by atoms with van der Waals surface area (Å²) in [6, 6.07) is -0.635. The predicted molar refractivity (Wildman–Crippen MR) is 85.1 cm³/mol. The van der Waals surface area contributed by atoms with Crippen LogP contribution in [0.5, 0.6) is 0 Å². The van der Waals surface area contributed by atoms with E-state index in [4.69, 9.17) is 12.2 Å². The van der Waals surface area contributed by atoms with Crippen LogP contribution < -0.4 is 0 Å². The van der Waals surface area contributed by atoms with Gasteiger partial charge in [-0.05, 0) is 6.92 Å². The Morgan fingerprint density at radius 2 is 2.10 bits per heavy atom. The fourth-order valence-corrected chi connectivity index (χ4v) is 4.31. The largest absolute Gasteiger partial charge is 0.480 e. The lowest BCUT2D eigenvalue weighted by Gasteiger charge is -2.28. The van der Waals surface area contributed by atoms with Crippen LogP contribution in [-0.2, 0) is 14.4 Å². The maximum absolute atomic E-state index is 11.3. The van der Waals surface area contributed by atoms with Crippen molar-refractivity contribution in [2.24, 2.45) is 5.92 Å². The molecule has 2 atom stereocenters. The molecular weight excluding hydrogens is 318 g/mol. The molecule has 1 rings (SSSR count). The minimum Gasteiger partial charge on any atom is -0.480 e. The van der Waals surface area contributed by atoms with E-state index >= 15 is 0 Å². The topological polar surface area (TPSA) is 74.7 Å². The van der Waals surface area contributed by atoms with Gasteiger partial charge in [-0.25, -0.2) is 4.79 Å². The standard InChI is InChI=1S/C12H17NO4S3/c1-7(14)3-9(4-20-8(2)15)11(18)13-6-19-5-10(13)12(16)17/h9-10H,3-6H2,1-2H3,(H,16,17). The number of nitrogens with zero attached hydrogens (tertiary/aromatic N) is 1. The number of hydrogen-bond donors (Lipinski definition) is 1. The predicted octanol–water partition coefficient (Wildman–Crippen LogP) is 1.65. The molecule has 1 heterocycles. The van der Waals surface area contributed by atoms with Crippen molar-refractivity contribution in [2.45, 2.75) is 26.3 Å². The second-order valence-corrected chi connectivity index (χ2v) is 7.18. The molecule has 1 fully saturated rings. The van der Waals surface area contributed by atoms with Crippen molar-refractivity contribution >= 4 is 57.6 Å². The van der Waals surface area contributed by atoms with Crippen LogP contribution >= 0.6 is 35.7 Å². The van der Waals surface area contributed by atoms with E-state index in [0.717, 1.165) is 11.8 Å². The van der Waals surface area contributed by atoms with Crippen molar-refractivity contribution in [1.29, 1.82) is 0 Å². The first-order valence-corrected chi connectivity index (χ1v) is 8.61. The zero-order valence-corrected chi connectivity index (χ0v) is 13.8. The highest BCUT2D eigenvalue weighted by Gasteiger charge is 2.35. The van der Waals surface area contributed by atoms with E-state index in [1.54, 1.807) is 4.90 Å². The number of thioether (sulfide) groups is 2. The molecule has 0 aromatic carbocycles. The summed E-state index contributed by atoms with van der Waals surface area (Å²) in [4.78, 5) is 35.7. The summed E-state index contributed by atoms with van der Waals surface area (Å²) in [7, 11) is 0. The molecule has 0 amide bonds. The smallest absolute Gasteiger partial charge is 0.327 e. The molecule has 20 heavy (non-hydrogen) atoms. The van der Waals surface area contributed by atoms with Gasteiger partial charge in [-0.2, -0.15) is 0 Å². The van der Waals surface area contributed by atoms with Gasteiger partial charge < -0.3 is 14.8 Å². The summed E-state index contributed by atoms with van der Waals surface area (Å²) in [5.41, 5.74) is 0. The Kier molecular flexibility index (Phi) is 6.97. The Morgan fingerprint density at radius 3 is 2.60 bits per heavy atom. The van der Waals surface area contributed by atoms with Gasteiger partial charge in [0.25, 0.3) is 0 Å². The van der Waals surface area contributed by atoms with Crippen LogP contribution in [0.3, 0.4) is 0 Å². The Labute approximate surface area is 131 Å². The summed E-state index contributed by atoms with van der Waals surface area (Å²) in [5, 5.41) is 9.14. The summed E-state index contributed by atoms with van der Waals surface area (Å²) >= 11 is 8.00. The van der Waals surface area contributed by atoms with E-state index in [0.29, 0.717) is 22.4 Å². The molecule has 1 N–H and O–H groups in total. The van der Waals surface area contributed by atoms with E-state index in [2.05, 4.69) is 0 Å². The van der Waals surface area contributed by atoms with Gasteiger partial charge in [-0.15, -0.1) is 11.8 Å². The molecule has 0 saturated carbocycles. The van der Waals surface area contributed by atoms with Crippen molar-refractivity contribution in [2.75, 3.05) is 17.4 Å². The molecule has 0 aromatic heterocycles. The Bertz CT molecular complexity index is 427. The molecule has 1 aliphatic heterocycles. The number of carboxylic acid groups (broad SMARTS) is 1. The van der Waals surface area contributed by atoms with E-state index in [-0.39, 0.29) is 23.2 Å². The van der Waals surface area contributed by atoms with Gasteiger partial charge in [0.15, 0.2) is 5.12 Å². The van der Waals surface area contributed by atoms with Crippen molar-refractivity contribution in [3.8, 4) is 0 Å². The fourth-order valence-electron chi connectivity index (χ4n) is 1.88. The van der Waals surface area contributed by atoms with E-state index < -0.39 is 12.0 Å².